The molecule has 0 unspecified atom stereocenters. The number of hydrogen-bond donors (Lipinski definition) is 1. The summed E-state index contributed by atoms with van der Waals surface area (Å²) in [5, 5.41) is 14.3. The first-order valence-electron chi connectivity index (χ1n) is 7.14. The van der Waals surface area contributed by atoms with Crippen molar-refractivity contribution in [2.45, 2.75) is 32.6 Å². The number of benzene rings is 1. The summed E-state index contributed by atoms with van der Waals surface area (Å²) in [5.74, 6) is 2.58. The van der Waals surface area contributed by atoms with Crippen LogP contribution in [0.4, 0.5) is 11.4 Å². The molecule has 0 amide bonds. The maximum Gasteiger partial charge on any atom is 0.274 e. The molecule has 0 radical (unpaired) electrons. The Labute approximate surface area is 113 Å². The molecular formula is C15H20N2O2. The van der Waals surface area contributed by atoms with Crippen molar-refractivity contribution >= 4 is 11.4 Å². The van der Waals surface area contributed by atoms with Gasteiger partial charge in [0.05, 0.1) is 4.92 Å². The van der Waals surface area contributed by atoms with Crippen molar-refractivity contribution < 1.29 is 4.92 Å². The first-order valence-corrected chi connectivity index (χ1v) is 7.14. The van der Waals surface area contributed by atoms with Gasteiger partial charge in [-0.05, 0) is 56.4 Å². The summed E-state index contributed by atoms with van der Waals surface area (Å²) in [7, 11) is 0. The molecule has 3 rings (SSSR count). The Hall–Kier alpha value is -1.58. The molecular weight excluding hydrogens is 240 g/mol. The molecule has 0 aliphatic heterocycles. The summed E-state index contributed by atoms with van der Waals surface area (Å²) in [6.45, 7) is 2.74. The highest BCUT2D eigenvalue weighted by atomic mass is 16.6. The molecule has 19 heavy (non-hydrogen) atoms. The average Bonchev–Trinajstić information content (AvgIpc) is 3.25. The molecule has 1 N–H and O–H groups in total. The van der Waals surface area contributed by atoms with Gasteiger partial charge >= 0.3 is 0 Å². The Morgan fingerprint density at radius 2 is 1.95 bits per heavy atom. The molecule has 4 heteroatoms. The smallest absolute Gasteiger partial charge is 0.274 e. The average molecular weight is 260 g/mol. The fraction of sp³-hybridized carbons (Fsp3) is 0.600. The van der Waals surface area contributed by atoms with E-state index in [9.17, 15) is 10.1 Å². The lowest BCUT2D eigenvalue weighted by molar-refractivity contribution is -0.385. The van der Waals surface area contributed by atoms with Crippen molar-refractivity contribution in [1.82, 2.24) is 0 Å². The Morgan fingerprint density at radius 3 is 2.47 bits per heavy atom. The Bertz CT molecular complexity index is 481. The highest BCUT2D eigenvalue weighted by molar-refractivity contribution is 5.54. The van der Waals surface area contributed by atoms with Crippen molar-refractivity contribution in [3.05, 3.63) is 33.9 Å². The number of rotatable bonds is 6. The van der Waals surface area contributed by atoms with Crippen molar-refractivity contribution in [3.8, 4) is 0 Å². The number of nitro groups is 1. The van der Waals surface area contributed by atoms with E-state index >= 15 is 0 Å². The fourth-order valence-electron chi connectivity index (χ4n) is 2.92. The third-order valence-electron chi connectivity index (χ3n) is 4.40. The zero-order valence-corrected chi connectivity index (χ0v) is 11.3. The normalized spacial score (nSPS) is 18.6. The molecule has 102 valence electrons. The lowest BCUT2D eigenvalue weighted by atomic mass is 9.98. The third-order valence-corrected chi connectivity index (χ3v) is 4.40. The first kappa shape index (κ1) is 12.5. The standard InChI is InChI=1S/C15H20N2O2/c1-10-2-7-13(8-15(10)17(18)19)16-9-14(11-3-4-11)12-5-6-12/h2,7-8,11-12,14,16H,3-6,9H2,1H3. The molecule has 0 atom stereocenters. The van der Waals surface area contributed by atoms with Gasteiger partial charge in [-0.1, -0.05) is 6.07 Å². The summed E-state index contributed by atoms with van der Waals surface area (Å²) in [4.78, 5) is 10.6. The second kappa shape index (κ2) is 4.83. The van der Waals surface area contributed by atoms with Gasteiger partial charge in [-0.3, -0.25) is 10.1 Å². The zero-order valence-electron chi connectivity index (χ0n) is 11.3. The molecule has 0 spiro atoms. The summed E-state index contributed by atoms with van der Waals surface area (Å²) < 4.78 is 0. The molecule has 0 saturated heterocycles. The van der Waals surface area contributed by atoms with Crippen molar-refractivity contribution in [2.75, 3.05) is 11.9 Å². The topological polar surface area (TPSA) is 55.2 Å². The van der Waals surface area contributed by atoms with Crippen molar-refractivity contribution in [1.29, 1.82) is 0 Å². The van der Waals surface area contributed by atoms with Gasteiger partial charge < -0.3 is 5.32 Å². The first-order chi connectivity index (χ1) is 9.15. The maximum absolute atomic E-state index is 10.9. The molecule has 2 saturated carbocycles. The lowest BCUT2D eigenvalue weighted by Crippen LogP contribution is -2.18. The number of hydrogen-bond acceptors (Lipinski definition) is 3. The van der Waals surface area contributed by atoms with E-state index in [1.54, 1.807) is 13.0 Å². The van der Waals surface area contributed by atoms with Gasteiger partial charge in [-0.2, -0.15) is 0 Å². The van der Waals surface area contributed by atoms with Crippen molar-refractivity contribution in [2.24, 2.45) is 17.8 Å². The largest absolute Gasteiger partial charge is 0.385 e. The predicted octanol–water partition coefficient (Wildman–Crippen LogP) is 3.75. The Kier molecular flexibility index (Phi) is 3.17. The third kappa shape index (κ3) is 2.88. The van der Waals surface area contributed by atoms with E-state index in [1.165, 1.54) is 25.7 Å². The number of nitrogens with zero attached hydrogens (tertiary/aromatic N) is 1. The maximum atomic E-state index is 10.9. The van der Waals surface area contributed by atoms with Crippen LogP contribution in [0.1, 0.15) is 31.2 Å². The van der Waals surface area contributed by atoms with Crippen LogP contribution in [0.5, 0.6) is 0 Å². The molecule has 2 aliphatic rings. The van der Waals surface area contributed by atoms with Crippen LogP contribution in [-0.4, -0.2) is 11.5 Å². The van der Waals surface area contributed by atoms with Gasteiger partial charge in [-0.25, -0.2) is 0 Å². The zero-order chi connectivity index (χ0) is 13.4. The van der Waals surface area contributed by atoms with Gasteiger partial charge in [0.2, 0.25) is 0 Å². The van der Waals surface area contributed by atoms with Crippen LogP contribution < -0.4 is 5.32 Å². The number of anilines is 1. The number of nitro benzene ring substituents is 1. The summed E-state index contributed by atoms with van der Waals surface area (Å²) in [6, 6.07) is 5.43. The molecule has 1 aromatic rings. The van der Waals surface area contributed by atoms with Crippen LogP contribution in [0.3, 0.4) is 0 Å². The summed E-state index contributed by atoms with van der Waals surface area (Å²) in [6.07, 6.45) is 5.49. The van der Waals surface area contributed by atoms with E-state index in [1.807, 2.05) is 12.1 Å². The van der Waals surface area contributed by atoms with E-state index in [0.29, 0.717) is 0 Å². The second-order valence-corrected chi connectivity index (χ2v) is 5.98. The minimum Gasteiger partial charge on any atom is -0.385 e. The minimum absolute atomic E-state index is 0.208. The quantitative estimate of drug-likeness (QED) is 0.626. The Morgan fingerprint density at radius 1 is 1.32 bits per heavy atom. The summed E-state index contributed by atoms with van der Waals surface area (Å²) >= 11 is 0. The van der Waals surface area contributed by atoms with E-state index < -0.39 is 0 Å². The molecule has 4 nitrogen and oxygen atoms in total. The van der Waals surface area contributed by atoms with Gasteiger partial charge in [0, 0.05) is 23.9 Å². The monoisotopic (exact) mass is 260 g/mol. The minimum atomic E-state index is -0.306. The lowest BCUT2D eigenvalue weighted by Gasteiger charge is -2.17. The van der Waals surface area contributed by atoms with E-state index in [-0.39, 0.29) is 10.6 Å². The van der Waals surface area contributed by atoms with Crippen LogP contribution in [-0.2, 0) is 0 Å². The van der Waals surface area contributed by atoms with Gasteiger partial charge in [0.1, 0.15) is 0 Å². The molecule has 2 aliphatic carbocycles. The highest BCUT2D eigenvalue weighted by Gasteiger charge is 2.40. The SMILES string of the molecule is Cc1ccc(NCC(C2CC2)C2CC2)cc1[N+](=O)[O-]. The van der Waals surface area contributed by atoms with Crippen LogP contribution in [0, 0.1) is 34.8 Å². The number of nitrogens with one attached hydrogen (secondary N) is 1. The predicted molar refractivity (Wildman–Crippen MR) is 75.3 cm³/mol. The molecule has 0 heterocycles. The van der Waals surface area contributed by atoms with E-state index in [4.69, 9.17) is 0 Å². The molecule has 2 fully saturated rings. The van der Waals surface area contributed by atoms with Gasteiger partial charge in [0.25, 0.3) is 5.69 Å². The molecule has 1 aromatic carbocycles. The van der Waals surface area contributed by atoms with Crippen LogP contribution >= 0.6 is 0 Å². The number of aryl methyl sites for hydroxylation is 1. The fourth-order valence-corrected chi connectivity index (χ4v) is 2.92. The van der Waals surface area contributed by atoms with E-state index in [2.05, 4.69) is 5.32 Å². The van der Waals surface area contributed by atoms with Crippen molar-refractivity contribution in [3.63, 3.8) is 0 Å². The second-order valence-electron chi connectivity index (χ2n) is 5.98. The van der Waals surface area contributed by atoms with Crippen LogP contribution in [0.15, 0.2) is 18.2 Å². The van der Waals surface area contributed by atoms with Gasteiger partial charge in [-0.15, -0.1) is 0 Å². The highest BCUT2D eigenvalue weighted by Crippen LogP contribution is 2.49. The van der Waals surface area contributed by atoms with Crippen LogP contribution in [0.25, 0.3) is 0 Å². The molecule has 0 aromatic heterocycles. The Balaban J connectivity index is 1.65. The molecule has 0 bridgehead atoms. The summed E-state index contributed by atoms with van der Waals surface area (Å²) in [5.41, 5.74) is 1.81. The van der Waals surface area contributed by atoms with E-state index in [0.717, 1.165) is 35.5 Å². The van der Waals surface area contributed by atoms with Crippen LogP contribution in [0.2, 0.25) is 0 Å². The van der Waals surface area contributed by atoms with Gasteiger partial charge in [0.15, 0.2) is 0 Å².